The molecule has 0 radical (unpaired) electrons. The third kappa shape index (κ3) is 3.52. The van der Waals surface area contributed by atoms with Crippen LogP contribution in [0.2, 0.25) is 0 Å². The molecule has 1 saturated carbocycles. The van der Waals surface area contributed by atoms with Crippen LogP contribution in [0, 0.1) is 11.7 Å². The lowest BCUT2D eigenvalue weighted by molar-refractivity contribution is -0.182. The highest BCUT2D eigenvalue weighted by Gasteiger charge is 2.41. The average molecular weight is 277 g/mol. The predicted octanol–water partition coefficient (Wildman–Crippen LogP) is 4.06. The highest BCUT2D eigenvalue weighted by atomic mass is 19.4. The van der Waals surface area contributed by atoms with Gasteiger partial charge in [-0.3, -0.25) is 0 Å². The van der Waals surface area contributed by atoms with E-state index in [9.17, 15) is 17.6 Å². The summed E-state index contributed by atoms with van der Waals surface area (Å²) in [4.78, 5) is 0. The van der Waals surface area contributed by atoms with Crippen LogP contribution in [0.15, 0.2) is 18.2 Å². The van der Waals surface area contributed by atoms with E-state index in [0.29, 0.717) is 18.5 Å². The summed E-state index contributed by atoms with van der Waals surface area (Å²) < 4.78 is 50.6. The van der Waals surface area contributed by atoms with Gasteiger partial charge in [0.25, 0.3) is 0 Å². The fourth-order valence-electron chi connectivity index (χ4n) is 2.40. The topological polar surface area (TPSA) is 32.3 Å². The number of benzene rings is 1. The summed E-state index contributed by atoms with van der Waals surface area (Å²) in [5, 5.41) is 12.0. The molecule has 106 valence electrons. The molecule has 0 spiro atoms. The van der Waals surface area contributed by atoms with Crippen molar-refractivity contribution in [1.82, 2.24) is 0 Å². The lowest BCUT2D eigenvalue weighted by atomic mass is 9.85. The number of rotatable bonds is 2. The van der Waals surface area contributed by atoms with Gasteiger partial charge in [-0.25, -0.2) is 4.39 Å². The Morgan fingerprint density at radius 2 is 1.74 bits per heavy atom. The molecule has 1 aliphatic rings. The fraction of sp³-hybridized carbons (Fsp3) is 0.538. The normalized spacial score (nSPS) is 24.2. The van der Waals surface area contributed by atoms with Crippen molar-refractivity contribution < 1.29 is 22.7 Å². The summed E-state index contributed by atoms with van der Waals surface area (Å²) in [6.07, 6.45) is -3.10. The van der Waals surface area contributed by atoms with Crippen molar-refractivity contribution in [3.05, 3.63) is 24.0 Å². The first-order valence-electron chi connectivity index (χ1n) is 6.18. The van der Waals surface area contributed by atoms with Crippen LogP contribution in [0.25, 0.3) is 0 Å². The summed E-state index contributed by atoms with van der Waals surface area (Å²) in [5.41, 5.74) is 0.478. The summed E-state index contributed by atoms with van der Waals surface area (Å²) in [7, 11) is 0. The summed E-state index contributed by atoms with van der Waals surface area (Å²) in [6, 6.07) is 3.79. The monoisotopic (exact) mass is 277 g/mol. The molecule has 1 aromatic carbocycles. The van der Waals surface area contributed by atoms with E-state index in [1.165, 1.54) is 12.1 Å². The van der Waals surface area contributed by atoms with Gasteiger partial charge < -0.3 is 10.4 Å². The number of phenols is 1. The van der Waals surface area contributed by atoms with Gasteiger partial charge in [-0.2, -0.15) is 13.2 Å². The lowest BCUT2D eigenvalue weighted by Gasteiger charge is -2.30. The molecule has 0 atom stereocenters. The molecular weight excluding hydrogens is 262 g/mol. The van der Waals surface area contributed by atoms with E-state index in [0.717, 1.165) is 6.07 Å². The second kappa shape index (κ2) is 5.27. The molecule has 19 heavy (non-hydrogen) atoms. The quantitative estimate of drug-likeness (QED) is 0.631. The van der Waals surface area contributed by atoms with Crippen molar-refractivity contribution in [3.8, 4) is 5.75 Å². The van der Waals surface area contributed by atoms with E-state index in [4.69, 9.17) is 5.11 Å². The van der Waals surface area contributed by atoms with E-state index < -0.39 is 23.7 Å². The van der Waals surface area contributed by atoms with Crippen LogP contribution in [0.1, 0.15) is 25.7 Å². The largest absolute Gasteiger partial charge is 0.505 e. The van der Waals surface area contributed by atoms with Crippen molar-refractivity contribution in [1.29, 1.82) is 0 Å². The molecule has 0 saturated heterocycles. The van der Waals surface area contributed by atoms with Crippen LogP contribution in [-0.2, 0) is 0 Å². The molecule has 0 unspecified atom stereocenters. The number of hydrogen-bond acceptors (Lipinski definition) is 2. The summed E-state index contributed by atoms with van der Waals surface area (Å²) >= 11 is 0. The van der Waals surface area contributed by atoms with E-state index in [1.807, 2.05) is 0 Å². The number of nitrogens with one attached hydrogen (secondary N) is 1. The zero-order chi connectivity index (χ0) is 14.0. The van der Waals surface area contributed by atoms with Crippen molar-refractivity contribution >= 4 is 5.69 Å². The lowest BCUT2D eigenvalue weighted by Crippen LogP contribution is -2.32. The first-order valence-corrected chi connectivity index (χ1v) is 6.18. The van der Waals surface area contributed by atoms with Gasteiger partial charge in [0.15, 0.2) is 11.6 Å². The van der Waals surface area contributed by atoms with Crippen molar-refractivity contribution in [3.63, 3.8) is 0 Å². The Hall–Kier alpha value is -1.46. The van der Waals surface area contributed by atoms with Gasteiger partial charge in [0.05, 0.1) is 5.92 Å². The number of phenolic OH excluding ortho intramolecular Hbond substituents is 1. The van der Waals surface area contributed by atoms with E-state index in [-0.39, 0.29) is 18.9 Å². The standard InChI is InChI=1S/C13H15F4NO/c14-11-7-10(5-6-12(11)19)18-9-3-1-8(2-4-9)13(15,16)17/h5-9,18-19H,1-4H2. The van der Waals surface area contributed by atoms with Crippen molar-refractivity contribution in [2.24, 2.45) is 5.92 Å². The van der Waals surface area contributed by atoms with Crippen LogP contribution in [0.5, 0.6) is 5.75 Å². The maximum atomic E-state index is 13.1. The van der Waals surface area contributed by atoms with Gasteiger partial charge in [-0.1, -0.05) is 0 Å². The molecule has 2 rings (SSSR count). The zero-order valence-corrected chi connectivity index (χ0v) is 10.2. The average Bonchev–Trinajstić information content (AvgIpc) is 2.33. The van der Waals surface area contributed by atoms with Crippen LogP contribution in [0.3, 0.4) is 0 Å². The molecule has 2 nitrogen and oxygen atoms in total. The first-order chi connectivity index (χ1) is 8.86. The zero-order valence-electron chi connectivity index (χ0n) is 10.2. The molecule has 1 aliphatic carbocycles. The Bertz CT molecular complexity index is 439. The van der Waals surface area contributed by atoms with Gasteiger partial charge in [0, 0.05) is 17.8 Å². The van der Waals surface area contributed by atoms with Gasteiger partial charge in [0.2, 0.25) is 0 Å². The van der Waals surface area contributed by atoms with Gasteiger partial charge in [-0.05, 0) is 37.8 Å². The third-order valence-corrected chi connectivity index (χ3v) is 3.51. The Morgan fingerprint density at radius 1 is 1.11 bits per heavy atom. The number of hydrogen-bond donors (Lipinski definition) is 2. The van der Waals surface area contributed by atoms with E-state index >= 15 is 0 Å². The maximum absolute atomic E-state index is 13.1. The number of alkyl halides is 3. The maximum Gasteiger partial charge on any atom is 0.391 e. The Labute approximate surface area is 108 Å². The Balaban J connectivity index is 1.90. The fourth-order valence-corrected chi connectivity index (χ4v) is 2.40. The summed E-state index contributed by atoms with van der Waals surface area (Å²) in [6.45, 7) is 0. The molecule has 1 fully saturated rings. The first kappa shape index (κ1) is 14.0. The van der Waals surface area contributed by atoms with Gasteiger partial charge in [0.1, 0.15) is 0 Å². The van der Waals surface area contributed by atoms with E-state index in [1.54, 1.807) is 0 Å². The van der Waals surface area contributed by atoms with Crippen molar-refractivity contribution in [2.45, 2.75) is 37.9 Å². The highest BCUT2D eigenvalue weighted by Crippen LogP contribution is 2.38. The third-order valence-electron chi connectivity index (χ3n) is 3.51. The predicted molar refractivity (Wildman–Crippen MR) is 63.5 cm³/mol. The second-order valence-corrected chi connectivity index (χ2v) is 4.90. The van der Waals surface area contributed by atoms with Crippen LogP contribution < -0.4 is 5.32 Å². The van der Waals surface area contributed by atoms with Crippen LogP contribution in [-0.4, -0.2) is 17.3 Å². The van der Waals surface area contributed by atoms with Gasteiger partial charge >= 0.3 is 6.18 Å². The molecule has 0 amide bonds. The molecule has 0 aliphatic heterocycles. The molecule has 2 N–H and O–H groups in total. The smallest absolute Gasteiger partial charge is 0.391 e. The molecule has 0 bridgehead atoms. The van der Waals surface area contributed by atoms with E-state index in [2.05, 4.69) is 5.32 Å². The Morgan fingerprint density at radius 3 is 2.26 bits per heavy atom. The second-order valence-electron chi connectivity index (χ2n) is 4.90. The molecule has 1 aromatic rings. The number of halogens is 4. The minimum absolute atomic E-state index is 0.0810. The van der Waals surface area contributed by atoms with Crippen LogP contribution >= 0.6 is 0 Å². The molecular formula is C13H15F4NO. The Kier molecular flexibility index (Phi) is 3.87. The number of anilines is 1. The van der Waals surface area contributed by atoms with Crippen LogP contribution in [0.4, 0.5) is 23.2 Å². The minimum atomic E-state index is -4.12. The minimum Gasteiger partial charge on any atom is -0.505 e. The van der Waals surface area contributed by atoms with Gasteiger partial charge in [-0.15, -0.1) is 0 Å². The number of aromatic hydroxyl groups is 1. The SMILES string of the molecule is Oc1ccc(NC2CCC(C(F)(F)F)CC2)cc1F. The molecule has 6 heteroatoms. The molecule has 0 aromatic heterocycles. The van der Waals surface area contributed by atoms with Crippen molar-refractivity contribution in [2.75, 3.05) is 5.32 Å². The highest BCUT2D eigenvalue weighted by molar-refractivity contribution is 5.47. The molecule has 0 heterocycles. The summed E-state index contributed by atoms with van der Waals surface area (Å²) in [5.74, 6) is -2.40.